The van der Waals surface area contributed by atoms with E-state index in [1.807, 2.05) is 0 Å². The molecular formula is C14H10F3NOS. The molecule has 2 nitrogen and oxygen atoms in total. The summed E-state index contributed by atoms with van der Waals surface area (Å²) in [6.07, 6.45) is 0. The van der Waals surface area contributed by atoms with Crippen LogP contribution in [0.5, 0.6) is 11.5 Å². The smallest absolute Gasteiger partial charge is 0.198 e. The van der Waals surface area contributed by atoms with Crippen LogP contribution in [0.2, 0.25) is 0 Å². The lowest BCUT2D eigenvalue weighted by Gasteiger charge is -2.10. The average molecular weight is 297 g/mol. The Kier molecular flexibility index (Phi) is 3.94. The van der Waals surface area contributed by atoms with Crippen molar-refractivity contribution < 1.29 is 17.9 Å². The van der Waals surface area contributed by atoms with E-state index in [2.05, 4.69) is 12.2 Å². The van der Waals surface area contributed by atoms with Crippen molar-refractivity contribution >= 4 is 17.2 Å². The highest BCUT2D eigenvalue weighted by Gasteiger charge is 2.16. The first-order chi connectivity index (χ1) is 9.38. The highest BCUT2D eigenvalue weighted by molar-refractivity contribution is 7.80. The van der Waals surface area contributed by atoms with E-state index in [0.29, 0.717) is 5.56 Å². The molecule has 20 heavy (non-hydrogen) atoms. The molecule has 0 saturated carbocycles. The molecule has 0 bridgehead atoms. The molecule has 0 amide bonds. The van der Waals surface area contributed by atoms with Crippen LogP contribution in [0.15, 0.2) is 30.3 Å². The van der Waals surface area contributed by atoms with E-state index in [-0.39, 0.29) is 16.3 Å². The second-order valence-corrected chi connectivity index (χ2v) is 4.61. The number of hydrogen-bond donors (Lipinski definition) is 1. The normalized spacial score (nSPS) is 10.4. The Morgan fingerprint density at radius 3 is 2.20 bits per heavy atom. The monoisotopic (exact) mass is 297 g/mol. The van der Waals surface area contributed by atoms with Crippen molar-refractivity contribution in [2.24, 2.45) is 5.73 Å². The van der Waals surface area contributed by atoms with Gasteiger partial charge in [0.05, 0.1) is 0 Å². The molecule has 6 heteroatoms. The number of benzene rings is 2. The predicted molar refractivity (Wildman–Crippen MR) is 73.5 cm³/mol. The van der Waals surface area contributed by atoms with Crippen molar-refractivity contribution in [1.29, 1.82) is 0 Å². The maximum atomic E-state index is 13.8. The van der Waals surface area contributed by atoms with Crippen LogP contribution in [-0.2, 0) is 0 Å². The molecule has 0 atom stereocenters. The molecule has 0 aromatic heterocycles. The van der Waals surface area contributed by atoms with Crippen LogP contribution in [0, 0.1) is 24.4 Å². The molecule has 0 fully saturated rings. The first-order valence-electron chi connectivity index (χ1n) is 5.61. The fourth-order valence-corrected chi connectivity index (χ4v) is 1.72. The highest BCUT2D eigenvalue weighted by Crippen LogP contribution is 2.30. The van der Waals surface area contributed by atoms with Crippen molar-refractivity contribution in [3.8, 4) is 11.5 Å². The number of thiocarbonyl (C=S) groups is 1. The summed E-state index contributed by atoms with van der Waals surface area (Å²) in [5, 5.41) is 0. The summed E-state index contributed by atoms with van der Waals surface area (Å²) in [6.45, 7) is 1.70. The Morgan fingerprint density at radius 1 is 1.05 bits per heavy atom. The maximum absolute atomic E-state index is 13.8. The Hall–Kier alpha value is -2.08. The number of rotatable bonds is 3. The van der Waals surface area contributed by atoms with Gasteiger partial charge in [-0.2, -0.15) is 0 Å². The van der Waals surface area contributed by atoms with Crippen LogP contribution >= 0.6 is 12.2 Å². The lowest BCUT2D eigenvalue weighted by atomic mass is 10.2. The van der Waals surface area contributed by atoms with Gasteiger partial charge in [0.2, 0.25) is 0 Å². The number of ether oxygens (including phenoxy) is 1. The quantitative estimate of drug-likeness (QED) is 0.874. The zero-order valence-electron chi connectivity index (χ0n) is 10.4. The summed E-state index contributed by atoms with van der Waals surface area (Å²) in [6, 6.07) is 5.90. The van der Waals surface area contributed by atoms with E-state index >= 15 is 0 Å². The Labute approximate surface area is 119 Å². The molecule has 0 aliphatic heterocycles. The van der Waals surface area contributed by atoms with Gasteiger partial charge >= 0.3 is 0 Å². The van der Waals surface area contributed by atoms with Gasteiger partial charge in [0.15, 0.2) is 29.0 Å². The maximum Gasteiger partial charge on any atom is 0.198 e. The zero-order valence-corrected chi connectivity index (χ0v) is 11.2. The first-order valence-corrected chi connectivity index (χ1v) is 6.02. The summed E-state index contributed by atoms with van der Waals surface area (Å²) >= 11 is 4.64. The number of hydrogen-bond acceptors (Lipinski definition) is 2. The van der Waals surface area contributed by atoms with E-state index in [0.717, 1.165) is 18.2 Å². The molecule has 2 N–H and O–H groups in total. The number of nitrogens with two attached hydrogens (primary N) is 1. The SMILES string of the molecule is Cc1ccc(F)c(Oc2c(F)cc(C(N)=S)cc2F)c1. The van der Waals surface area contributed by atoms with Crippen LogP contribution in [0.3, 0.4) is 0 Å². The van der Waals surface area contributed by atoms with Crippen molar-refractivity contribution in [1.82, 2.24) is 0 Å². The minimum atomic E-state index is -1.01. The van der Waals surface area contributed by atoms with Gasteiger partial charge in [0, 0.05) is 5.56 Å². The number of halogens is 3. The van der Waals surface area contributed by atoms with Gasteiger partial charge in [-0.15, -0.1) is 0 Å². The Bertz CT molecular complexity index is 665. The molecule has 0 unspecified atom stereocenters. The van der Waals surface area contributed by atoms with Crippen molar-refractivity contribution in [3.63, 3.8) is 0 Å². The average Bonchev–Trinajstić information content (AvgIpc) is 2.37. The summed E-state index contributed by atoms with van der Waals surface area (Å²) < 4.78 is 46.1. The third-order valence-electron chi connectivity index (χ3n) is 2.58. The van der Waals surface area contributed by atoms with Crippen molar-refractivity contribution in [3.05, 3.63) is 58.9 Å². The molecule has 2 rings (SSSR count). The van der Waals surface area contributed by atoms with Gasteiger partial charge in [-0.05, 0) is 36.8 Å². The Morgan fingerprint density at radius 2 is 1.65 bits per heavy atom. The minimum Gasteiger partial charge on any atom is -0.448 e. The molecule has 0 saturated heterocycles. The molecular weight excluding hydrogens is 287 g/mol. The molecule has 2 aromatic rings. The zero-order chi connectivity index (χ0) is 14.9. The summed E-state index contributed by atoms with van der Waals surface area (Å²) in [7, 11) is 0. The second-order valence-electron chi connectivity index (χ2n) is 4.17. The molecule has 2 aromatic carbocycles. The summed E-state index contributed by atoms with van der Waals surface area (Å²) in [5.41, 5.74) is 6.03. The van der Waals surface area contributed by atoms with Crippen LogP contribution in [0.1, 0.15) is 11.1 Å². The van der Waals surface area contributed by atoms with E-state index < -0.39 is 23.2 Å². The predicted octanol–water partition coefficient (Wildman–Crippen LogP) is 3.84. The van der Waals surface area contributed by atoms with Gasteiger partial charge < -0.3 is 10.5 Å². The van der Waals surface area contributed by atoms with Gasteiger partial charge in [-0.3, -0.25) is 0 Å². The van der Waals surface area contributed by atoms with E-state index in [9.17, 15) is 13.2 Å². The second kappa shape index (κ2) is 5.50. The van der Waals surface area contributed by atoms with Crippen LogP contribution in [-0.4, -0.2) is 4.99 Å². The van der Waals surface area contributed by atoms with Gasteiger partial charge in [-0.25, -0.2) is 13.2 Å². The third kappa shape index (κ3) is 2.91. The molecule has 0 spiro atoms. The van der Waals surface area contributed by atoms with E-state index in [1.165, 1.54) is 12.1 Å². The van der Waals surface area contributed by atoms with Crippen LogP contribution in [0.4, 0.5) is 13.2 Å². The lowest BCUT2D eigenvalue weighted by Crippen LogP contribution is -2.10. The lowest BCUT2D eigenvalue weighted by molar-refractivity contribution is 0.387. The number of aryl methyl sites for hydroxylation is 1. The van der Waals surface area contributed by atoms with Gasteiger partial charge in [0.25, 0.3) is 0 Å². The first kappa shape index (κ1) is 14.3. The molecule has 104 valence electrons. The molecule has 0 aliphatic rings. The standard InChI is InChI=1S/C14H10F3NOS/c1-7-2-3-9(15)12(4-7)19-13-10(16)5-8(14(18)20)6-11(13)17/h2-6H,1H3,(H2,18,20). The molecule has 0 radical (unpaired) electrons. The summed E-state index contributed by atoms with van der Waals surface area (Å²) in [5.74, 6) is -3.68. The van der Waals surface area contributed by atoms with Crippen LogP contribution in [0.25, 0.3) is 0 Å². The minimum absolute atomic E-state index is 0.0343. The van der Waals surface area contributed by atoms with Crippen molar-refractivity contribution in [2.75, 3.05) is 0 Å². The molecule has 0 aliphatic carbocycles. The fraction of sp³-hybridized carbons (Fsp3) is 0.0714. The third-order valence-corrected chi connectivity index (χ3v) is 2.82. The molecule has 0 heterocycles. The van der Waals surface area contributed by atoms with E-state index in [1.54, 1.807) is 6.92 Å². The van der Waals surface area contributed by atoms with Crippen molar-refractivity contribution in [2.45, 2.75) is 6.92 Å². The van der Waals surface area contributed by atoms with E-state index in [4.69, 9.17) is 10.5 Å². The van der Waals surface area contributed by atoms with Crippen LogP contribution < -0.4 is 10.5 Å². The fourth-order valence-electron chi connectivity index (χ4n) is 1.60. The Balaban J connectivity index is 2.44. The largest absolute Gasteiger partial charge is 0.448 e. The van der Waals surface area contributed by atoms with Gasteiger partial charge in [0.1, 0.15) is 4.99 Å². The van der Waals surface area contributed by atoms with Gasteiger partial charge in [-0.1, -0.05) is 18.3 Å². The highest BCUT2D eigenvalue weighted by atomic mass is 32.1. The summed E-state index contributed by atoms with van der Waals surface area (Å²) in [4.78, 5) is -0.143. The topological polar surface area (TPSA) is 35.2 Å².